The summed E-state index contributed by atoms with van der Waals surface area (Å²) in [6, 6.07) is 7.59. The van der Waals surface area contributed by atoms with Crippen LogP contribution >= 0.6 is 0 Å². The van der Waals surface area contributed by atoms with Gasteiger partial charge in [0.2, 0.25) is 11.9 Å². The average molecular weight is 270 g/mol. The van der Waals surface area contributed by atoms with Crippen molar-refractivity contribution >= 4 is 0 Å². The predicted octanol–water partition coefficient (Wildman–Crippen LogP) is 1.14. The summed E-state index contributed by atoms with van der Waals surface area (Å²) < 4.78 is 7.82. The monoisotopic (exact) mass is 270 g/mol. The van der Waals surface area contributed by atoms with Crippen LogP contribution < -0.4 is 9.79 Å². The zero-order valence-electron chi connectivity index (χ0n) is 11.5. The quantitative estimate of drug-likeness (QED) is 0.655. The summed E-state index contributed by atoms with van der Waals surface area (Å²) in [5.74, 6) is -0.469. The zero-order valence-corrected chi connectivity index (χ0v) is 11.5. The molecule has 3 rings (SSSR count). The molecule has 0 saturated carbocycles. The Morgan fingerprint density at radius 3 is 2.35 bits per heavy atom. The third-order valence-electron chi connectivity index (χ3n) is 3.46. The van der Waals surface area contributed by atoms with Gasteiger partial charge in [0.05, 0.1) is 16.7 Å². The van der Waals surface area contributed by atoms with Crippen molar-refractivity contribution in [1.29, 1.82) is 0 Å². The Morgan fingerprint density at radius 2 is 1.85 bits per heavy atom. The van der Waals surface area contributed by atoms with Crippen LogP contribution in [-0.4, -0.2) is 15.1 Å². The highest BCUT2D eigenvalue weighted by Crippen LogP contribution is 2.17. The molecule has 3 aromatic rings. The van der Waals surface area contributed by atoms with E-state index in [0.717, 1.165) is 22.8 Å². The van der Waals surface area contributed by atoms with Crippen molar-refractivity contribution in [3.05, 3.63) is 47.4 Å². The van der Waals surface area contributed by atoms with Gasteiger partial charge in [-0.1, -0.05) is 0 Å². The molecule has 0 aliphatic rings. The molecule has 0 amide bonds. The maximum absolute atomic E-state index is 11.0. The summed E-state index contributed by atoms with van der Waals surface area (Å²) in [7, 11) is 0. The highest BCUT2D eigenvalue weighted by atomic mass is 16.6. The Labute approximate surface area is 115 Å². The van der Waals surface area contributed by atoms with E-state index in [0.29, 0.717) is 0 Å². The largest absolute Gasteiger partial charge is 0.539 e. The molecular weight excluding hydrogens is 256 g/mol. The average Bonchev–Trinajstić information content (AvgIpc) is 2.99. The lowest BCUT2D eigenvalue weighted by atomic mass is 10.2. The second-order valence-electron chi connectivity index (χ2n) is 4.69. The summed E-state index contributed by atoms with van der Waals surface area (Å²) in [5.41, 5.74) is 5.06. The van der Waals surface area contributed by atoms with Crippen LogP contribution in [-0.2, 0) is 0 Å². The van der Waals surface area contributed by atoms with E-state index in [2.05, 4.69) is 21.8 Å². The van der Waals surface area contributed by atoms with Crippen molar-refractivity contribution in [2.75, 3.05) is 0 Å². The molecular formula is C14H14N4O2. The Bertz CT molecular complexity index is 756. The molecule has 0 spiro atoms. The van der Waals surface area contributed by atoms with Crippen LogP contribution in [0, 0.1) is 20.8 Å². The van der Waals surface area contributed by atoms with Crippen molar-refractivity contribution < 1.29 is 14.3 Å². The van der Waals surface area contributed by atoms with Gasteiger partial charge in [-0.25, -0.2) is 4.68 Å². The second-order valence-corrected chi connectivity index (χ2v) is 4.69. The molecule has 6 heteroatoms. The minimum Gasteiger partial charge on any atom is -0.539 e. The number of aromatic nitrogens is 4. The fraction of sp³-hybridized carbons (Fsp3) is 0.214. The third kappa shape index (κ3) is 1.95. The standard InChI is InChI=1S/C14H14N4O2/c1-9-10(2)15-18(11(9)3)13-6-4-12(5-7-13)17-8-14(19)20-16-17/h4-8H,1-3H3. The molecule has 2 heterocycles. The minimum atomic E-state index is -0.469. The molecule has 1 aromatic carbocycles. The van der Waals surface area contributed by atoms with Gasteiger partial charge in [0.15, 0.2) is 0 Å². The number of aryl methyl sites for hydroxylation is 1. The molecule has 20 heavy (non-hydrogen) atoms. The van der Waals surface area contributed by atoms with Gasteiger partial charge in [0.25, 0.3) is 0 Å². The van der Waals surface area contributed by atoms with Crippen LogP contribution in [0.5, 0.6) is 5.95 Å². The van der Waals surface area contributed by atoms with E-state index in [1.165, 1.54) is 16.4 Å². The molecule has 0 unspecified atom stereocenters. The molecule has 0 fully saturated rings. The first kappa shape index (κ1) is 12.4. The van der Waals surface area contributed by atoms with Gasteiger partial charge in [-0.3, -0.25) is 0 Å². The lowest BCUT2D eigenvalue weighted by Crippen LogP contribution is -2.31. The van der Waals surface area contributed by atoms with Crippen LogP contribution in [0.4, 0.5) is 0 Å². The molecule has 6 nitrogen and oxygen atoms in total. The Hall–Kier alpha value is -2.63. The Balaban J connectivity index is 1.99. The van der Waals surface area contributed by atoms with E-state index >= 15 is 0 Å². The lowest BCUT2D eigenvalue weighted by Gasteiger charge is -2.03. The maximum Gasteiger partial charge on any atom is 0.239 e. The summed E-state index contributed by atoms with van der Waals surface area (Å²) in [6.45, 7) is 6.09. The lowest BCUT2D eigenvalue weighted by molar-refractivity contribution is -0.670. The molecule has 2 aromatic heterocycles. The van der Waals surface area contributed by atoms with Gasteiger partial charge in [0.1, 0.15) is 5.95 Å². The summed E-state index contributed by atoms with van der Waals surface area (Å²) in [6.07, 6.45) is 1.29. The van der Waals surface area contributed by atoms with Crippen LogP contribution in [0.3, 0.4) is 0 Å². The number of rotatable bonds is 2. The van der Waals surface area contributed by atoms with Gasteiger partial charge < -0.3 is 9.63 Å². The van der Waals surface area contributed by atoms with Crippen LogP contribution in [0.25, 0.3) is 11.4 Å². The molecule has 0 saturated heterocycles. The van der Waals surface area contributed by atoms with Crippen molar-refractivity contribution in [3.63, 3.8) is 0 Å². The minimum absolute atomic E-state index is 0.469. The fourth-order valence-electron chi connectivity index (χ4n) is 2.07. The second kappa shape index (κ2) is 4.48. The Kier molecular flexibility index (Phi) is 2.78. The van der Waals surface area contributed by atoms with Gasteiger partial charge in [0, 0.05) is 17.8 Å². The van der Waals surface area contributed by atoms with Gasteiger partial charge >= 0.3 is 0 Å². The molecule has 0 N–H and O–H groups in total. The zero-order chi connectivity index (χ0) is 14.3. The number of hydrogen-bond donors (Lipinski definition) is 0. The first-order chi connectivity index (χ1) is 9.56. The molecule has 102 valence electrons. The highest BCUT2D eigenvalue weighted by molar-refractivity contribution is 5.40. The van der Waals surface area contributed by atoms with Gasteiger partial charge in [-0.05, 0) is 43.1 Å². The number of benzene rings is 1. The van der Waals surface area contributed by atoms with Crippen LogP contribution in [0.1, 0.15) is 17.0 Å². The van der Waals surface area contributed by atoms with E-state index in [1.807, 2.05) is 42.8 Å². The first-order valence-electron chi connectivity index (χ1n) is 6.25. The SMILES string of the molecule is Cc1nn(-c2ccc(-[n+]3cc([O-])on3)cc2)c(C)c1C. The maximum atomic E-state index is 11.0. The van der Waals surface area contributed by atoms with E-state index in [1.54, 1.807) is 0 Å². The molecule has 0 radical (unpaired) electrons. The predicted molar refractivity (Wildman–Crippen MR) is 68.8 cm³/mol. The smallest absolute Gasteiger partial charge is 0.239 e. The number of nitrogens with zero attached hydrogens (tertiary/aromatic N) is 4. The van der Waals surface area contributed by atoms with E-state index in [-0.39, 0.29) is 0 Å². The first-order valence-corrected chi connectivity index (χ1v) is 6.25. The van der Waals surface area contributed by atoms with Crippen molar-refractivity contribution in [3.8, 4) is 17.3 Å². The summed E-state index contributed by atoms with van der Waals surface area (Å²) >= 11 is 0. The van der Waals surface area contributed by atoms with Crippen molar-refractivity contribution in [2.45, 2.75) is 20.8 Å². The van der Waals surface area contributed by atoms with Crippen molar-refractivity contribution in [1.82, 2.24) is 15.1 Å². The molecule has 0 atom stereocenters. The van der Waals surface area contributed by atoms with Gasteiger partial charge in [-0.15, -0.1) is 0 Å². The summed E-state index contributed by atoms with van der Waals surface area (Å²) in [5, 5.41) is 19.1. The highest BCUT2D eigenvalue weighted by Gasteiger charge is 2.12. The molecule has 0 aliphatic carbocycles. The normalized spacial score (nSPS) is 10.9. The summed E-state index contributed by atoms with van der Waals surface area (Å²) in [4.78, 5) is 0. The van der Waals surface area contributed by atoms with E-state index < -0.39 is 5.95 Å². The fourth-order valence-corrected chi connectivity index (χ4v) is 2.07. The molecule has 0 aliphatic heterocycles. The third-order valence-corrected chi connectivity index (χ3v) is 3.46. The van der Waals surface area contributed by atoms with Crippen molar-refractivity contribution in [2.24, 2.45) is 0 Å². The van der Waals surface area contributed by atoms with Crippen LogP contribution in [0.2, 0.25) is 0 Å². The van der Waals surface area contributed by atoms with E-state index in [4.69, 9.17) is 0 Å². The van der Waals surface area contributed by atoms with Crippen LogP contribution in [0.15, 0.2) is 35.0 Å². The number of hydrogen-bond acceptors (Lipinski definition) is 4. The topological polar surface area (TPSA) is 70.8 Å². The molecule has 0 bridgehead atoms. The Morgan fingerprint density at radius 1 is 1.15 bits per heavy atom. The van der Waals surface area contributed by atoms with Gasteiger partial charge in [-0.2, -0.15) is 5.10 Å². The van der Waals surface area contributed by atoms with E-state index in [9.17, 15) is 5.11 Å².